The fourth-order valence-corrected chi connectivity index (χ4v) is 2.68. The Morgan fingerprint density at radius 3 is 2.60 bits per heavy atom. The maximum absolute atomic E-state index is 11.5. The van der Waals surface area contributed by atoms with Gasteiger partial charge in [0, 0.05) is 22.0 Å². The van der Waals surface area contributed by atoms with E-state index in [1.807, 2.05) is 31.2 Å². The van der Waals surface area contributed by atoms with E-state index in [0.29, 0.717) is 15.6 Å². The van der Waals surface area contributed by atoms with E-state index in [9.17, 15) is 4.79 Å². The van der Waals surface area contributed by atoms with Gasteiger partial charge in [0.05, 0.1) is 15.7 Å². The van der Waals surface area contributed by atoms with Crippen molar-refractivity contribution < 1.29 is 4.79 Å². The Kier molecular flexibility index (Phi) is 3.28. The average molecular weight is 304 g/mol. The standard InChI is InChI=1S/C16H11Cl2NO/c1-9-3-2-4-11-12(8-20)16(19-15(9)11)10-5-6-13(17)14(18)7-10/h2-8,19H,1H3. The SMILES string of the molecule is Cc1cccc2c(C=O)c(-c3ccc(Cl)c(Cl)c3)[nH]c12. The van der Waals surface area contributed by atoms with E-state index in [0.717, 1.165) is 34.0 Å². The van der Waals surface area contributed by atoms with Crippen LogP contribution in [0.2, 0.25) is 10.0 Å². The highest BCUT2D eigenvalue weighted by atomic mass is 35.5. The summed E-state index contributed by atoms with van der Waals surface area (Å²) in [5.74, 6) is 0. The first kappa shape index (κ1) is 13.2. The molecule has 1 heterocycles. The first-order chi connectivity index (χ1) is 9.61. The number of aromatic nitrogens is 1. The summed E-state index contributed by atoms with van der Waals surface area (Å²) in [5, 5.41) is 1.88. The molecule has 2 nitrogen and oxygen atoms in total. The van der Waals surface area contributed by atoms with Crippen molar-refractivity contribution in [1.82, 2.24) is 4.98 Å². The summed E-state index contributed by atoms with van der Waals surface area (Å²) in [7, 11) is 0. The summed E-state index contributed by atoms with van der Waals surface area (Å²) < 4.78 is 0. The van der Waals surface area contributed by atoms with Crippen LogP contribution in [-0.2, 0) is 0 Å². The molecule has 1 aromatic heterocycles. The van der Waals surface area contributed by atoms with Crippen LogP contribution in [0.5, 0.6) is 0 Å². The molecule has 0 unspecified atom stereocenters. The van der Waals surface area contributed by atoms with Crippen LogP contribution in [0.4, 0.5) is 0 Å². The van der Waals surface area contributed by atoms with E-state index in [1.165, 1.54) is 0 Å². The summed E-state index contributed by atoms with van der Waals surface area (Å²) in [6.45, 7) is 2.01. The van der Waals surface area contributed by atoms with Gasteiger partial charge in [0.15, 0.2) is 6.29 Å². The Labute approximate surface area is 126 Å². The number of fused-ring (bicyclic) bond motifs is 1. The van der Waals surface area contributed by atoms with Crippen molar-refractivity contribution in [2.45, 2.75) is 6.92 Å². The predicted octanol–water partition coefficient (Wildman–Crippen LogP) is 5.26. The molecule has 3 rings (SSSR count). The summed E-state index contributed by atoms with van der Waals surface area (Å²) in [4.78, 5) is 14.8. The fourth-order valence-electron chi connectivity index (χ4n) is 2.39. The van der Waals surface area contributed by atoms with Gasteiger partial charge in [-0.2, -0.15) is 0 Å². The monoisotopic (exact) mass is 303 g/mol. The molecule has 0 saturated heterocycles. The lowest BCUT2D eigenvalue weighted by Gasteiger charge is -2.02. The molecule has 0 amide bonds. The van der Waals surface area contributed by atoms with E-state index >= 15 is 0 Å². The molecule has 3 aromatic rings. The van der Waals surface area contributed by atoms with Crippen molar-refractivity contribution in [3.05, 3.63) is 57.6 Å². The number of halogens is 2. The minimum absolute atomic E-state index is 0.469. The molecule has 0 spiro atoms. The highest BCUT2D eigenvalue weighted by Crippen LogP contribution is 2.33. The summed E-state index contributed by atoms with van der Waals surface area (Å²) in [6, 6.07) is 11.2. The van der Waals surface area contributed by atoms with Gasteiger partial charge >= 0.3 is 0 Å². The largest absolute Gasteiger partial charge is 0.354 e. The smallest absolute Gasteiger partial charge is 0.152 e. The third-order valence-corrected chi connectivity index (χ3v) is 4.15. The molecular formula is C16H11Cl2NO. The number of nitrogens with one attached hydrogen (secondary N) is 1. The number of benzene rings is 2. The van der Waals surface area contributed by atoms with Crippen LogP contribution in [0.15, 0.2) is 36.4 Å². The molecule has 0 aliphatic rings. The first-order valence-corrected chi connectivity index (χ1v) is 6.89. The number of aromatic amines is 1. The number of para-hydroxylation sites is 1. The molecule has 1 N–H and O–H groups in total. The number of aldehydes is 1. The quantitative estimate of drug-likeness (QED) is 0.643. The van der Waals surface area contributed by atoms with Crippen LogP contribution in [0.1, 0.15) is 15.9 Å². The number of rotatable bonds is 2. The lowest BCUT2D eigenvalue weighted by Crippen LogP contribution is -1.84. The van der Waals surface area contributed by atoms with Gasteiger partial charge < -0.3 is 4.98 Å². The second-order valence-corrected chi connectivity index (χ2v) is 5.47. The highest BCUT2D eigenvalue weighted by Gasteiger charge is 2.14. The van der Waals surface area contributed by atoms with E-state index in [1.54, 1.807) is 12.1 Å². The van der Waals surface area contributed by atoms with Crippen molar-refractivity contribution in [3.63, 3.8) is 0 Å². The second kappa shape index (κ2) is 4.97. The van der Waals surface area contributed by atoms with Gasteiger partial charge in [-0.15, -0.1) is 0 Å². The van der Waals surface area contributed by atoms with E-state index in [4.69, 9.17) is 23.2 Å². The van der Waals surface area contributed by atoms with Crippen molar-refractivity contribution in [2.75, 3.05) is 0 Å². The van der Waals surface area contributed by atoms with Crippen LogP contribution in [0.25, 0.3) is 22.2 Å². The topological polar surface area (TPSA) is 32.9 Å². The summed E-state index contributed by atoms with van der Waals surface area (Å²) >= 11 is 12.0. The average Bonchev–Trinajstić information content (AvgIpc) is 2.82. The van der Waals surface area contributed by atoms with Gasteiger partial charge in [0.1, 0.15) is 0 Å². The minimum Gasteiger partial charge on any atom is -0.354 e. The van der Waals surface area contributed by atoms with Crippen molar-refractivity contribution in [3.8, 4) is 11.3 Å². The molecule has 0 aliphatic heterocycles. The van der Waals surface area contributed by atoms with Gasteiger partial charge in [0.2, 0.25) is 0 Å². The third-order valence-electron chi connectivity index (χ3n) is 3.41. The maximum Gasteiger partial charge on any atom is 0.152 e. The Hall–Kier alpha value is -1.77. The molecule has 4 heteroatoms. The molecule has 0 radical (unpaired) electrons. The number of H-pyrrole nitrogens is 1. The molecule has 0 aliphatic carbocycles. The molecule has 0 fully saturated rings. The summed E-state index contributed by atoms with van der Waals surface area (Å²) in [6.07, 6.45) is 0.871. The van der Waals surface area contributed by atoms with Crippen LogP contribution < -0.4 is 0 Å². The first-order valence-electron chi connectivity index (χ1n) is 6.13. The fraction of sp³-hybridized carbons (Fsp3) is 0.0625. The third kappa shape index (κ3) is 2.01. The zero-order valence-electron chi connectivity index (χ0n) is 10.7. The van der Waals surface area contributed by atoms with Crippen LogP contribution >= 0.6 is 23.2 Å². The number of carbonyl (C=O) groups excluding carboxylic acids is 1. The van der Waals surface area contributed by atoms with Crippen LogP contribution in [-0.4, -0.2) is 11.3 Å². The van der Waals surface area contributed by atoms with Crippen molar-refractivity contribution >= 4 is 40.4 Å². The highest BCUT2D eigenvalue weighted by molar-refractivity contribution is 6.42. The lowest BCUT2D eigenvalue weighted by molar-refractivity contribution is 0.112. The van der Waals surface area contributed by atoms with Gasteiger partial charge in [-0.1, -0.05) is 47.5 Å². The lowest BCUT2D eigenvalue weighted by atomic mass is 10.1. The molecule has 20 heavy (non-hydrogen) atoms. The molecule has 0 saturated carbocycles. The van der Waals surface area contributed by atoms with Gasteiger partial charge in [-0.25, -0.2) is 0 Å². The van der Waals surface area contributed by atoms with Crippen molar-refractivity contribution in [1.29, 1.82) is 0 Å². The molecule has 2 aromatic carbocycles. The van der Waals surface area contributed by atoms with E-state index in [2.05, 4.69) is 4.98 Å². The normalized spacial score (nSPS) is 10.9. The molecule has 0 bridgehead atoms. The van der Waals surface area contributed by atoms with E-state index in [-0.39, 0.29) is 0 Å². The van der Waals surface area contributed by atoms with Crippen LogP contribution in [0.3, 0.4) is 0 Å². The van der Waals surface area contributed by atoms with E-state index < -0.39 is 0 Å². The Balaban J connectivity index is 2.33. The van der Waals surface area contributed by atoms with Gasteiger partial charge in [-0.05, 0) is 24.6 Å². The maximum atomic E-state index is 11.5. The minimum atomic E-state index is 0.469. The van der Waals surface area contributed by atoms with Gasteiger partial charge in [-0.3, -0.25) is 4.79 Å². The summed E-state index contributed by atoms with van der Waals surface area (Å²) in [5.41, 5.74) is 4.31. The molecular weight excluding hydrogens is 293 g/mol. The zero-order chi connectivity index (χ0) is 14.3. The molecule has 0 atom stereocenters. The van der Waals surface area contributed by atoms with Crippen LogP contribution in [0, 0.1) is 6.92 Å². The Bertz CT molecular complexity index is 821. The van der Waals surface area contributed by atoms with Gasteiger partial charge in [0.25, 0.3) is 0 Å². The number of carbonyl (C=O) groups is 1. The predicted molar refractivity (Wildman–Crippen MR) is 83.9 cm³/mol. The second-order valence-electron chi connectivity index (χ2n) is 4.66. The van der Waals surface area contributed by atoms with Crippen molar-refractivity contribution in [2.24, 2.45) is 0 Å². The Morgan fingerprint density at radius 1 is 1.10 bits per heavy atom. The molecule has 100 valence electrons. The zero-order valence-corrected chi connectivity index (χ0v) is 12.2. The number of hydrogen-bond donors (Lipinski definition) is 1. The number of aryl methyl sites for hydroxylation is 1. The number of hydrogen-bond acceptors (Lipinski definition) is 1. The Morgan fingerprint density at radius 2 is 1.90 bits per heavy atom.